The number of amides is 1. The first-order valence-corrected chi connectivity index (χ1v) is 5.29. The highest BCUT2D eigenvalue weighted by Crippen LogP contribution is 2.23. The van der Waals surface area contributed by atoms with E-state index in [1.54, 1.807) is 20.8 Å². The molecule has 1 aliphatic rings. The van der Waals surface area contributed by atoms with E-state index < -0.39 is 30.3 Å². The Morgan fingerprint density at radius 3 is 2.56 bits per heavy atom. The average molecular weight is 236 g/mol. The maximum atomic E-state index is 12.8. The molecule has 0 aromatic rings. The molecule has 1 unspecified atom stereocenters. The molecule has 1 atom stereocenters. The van der Waals surface area contributed by atoms with Crippen molar-refractivity contribution in [2.24, 2.45) is 0 Å². The number of rotatable bonds is 1. The summed E-state index contributed by atoms with van der Waals surface area (Å²) in [6, 6.07) is 0. The maximum Gasteiger partial charge on any atom is 0.408 e. The lowest BCUT2D eigenvalue weighted by molar-refractivity contribution is -0.0343. The zero-order chi connectivity index (χ0) is 12.4. The molecule has 0 aromatic heterocycles. The molecule has 94 valence electrons. The molecule has 0 bridgehead atoms. The van der Waals surface area contributed by atoms with Gasteiger partial charge < -0.3 is 10.1 Å². The fourth-order valence-corrected chi connectivity index (χ4v) is 1.39. The summed E-state index contributed by atoms with van der Waals surface area (Å²) in [6.45, 7) is 4.83. The first kappa shape index (κ1) is 13.2. The number of hydrogen-bond acceptors (Lipinski definition) is 3. The summed E-state index contributed by atoms with van der Waals surface area (Å²) in [7, 11) is 0. The molecule has 1 heterocycles. The van der Waals surface area contributed by atoms with Gasteiger partial charge in [0.2, 0.25) is 0 Å². The van der Waals surface area contributed by atoms with Crippen LogP contribution >= 0.6 is 0 Å². The number of alkyl halides is 2. The average Bonchev–Trinajstić information content (AvgIpc) is 2.05. The molecule has 0 aliphatic carbocycles. The fraction of sp³-hybridized carbons (Fsp3) is 0.900. The second-order valence-corrected chi connectivity index (χ2v) is 4.97. The van der Waals surface area contributed by atoms with Gasteiger partial charge in [-0.2, -0.15) is 0 Å². The molecule has 0 spiro atoms. The van der Waals surface area contributed by atoms with Gasteiger partial charge in [0.15, 0.2) is 0 Å². The van der Waals surface area contributed by atoms with Gasteiger partial charge >= 0.3 is 6.09 Å². The predicted octanol–water partition coefficient (Wildman–Crippen LogP) is 1.86. The first-order chi connectivity index (χ1) is 7.18. The van der Waals surface area contributed by atoms with E-state index in [0.29, 0.717) is 0 Å². The molecule has 1 rings (SSSR count). The molecule has 0 saturated carbocycles. The lowest BCUT2D eigenvalue weighted by Crippen LogP contribution is -2.54. The number of nitrogens with one attached hydrogen (secondary N) is 2. The Hall–Kier alpha value is -0.910. The van der Waals surface area contributed by atoms with E-state index >= 15 is 0 Å². The molecule has 0 aromatic carbocycles. The Morgan fingerprint density at radius 2 is 2.12 bits per heavy atom. The number of carbonyl (C=O) groups is 1. The van der Waals surface area contributed by atoms with Crippen LogP contribution in [0.3, 0.4) is 0 Å². The minimum atomic E-state index is -2.67. The van der Waals surface area contributed by atoms with Crippen LogP contribution in [-0.2, 0) is 4.74 Å². The first-order valence-electron chi connectivity index (χ1n) is 5.29. The largest absolute Gasteiger partial charge is 0.444 e. The van der Waals surface area contributed by atoms with Crippen molar-refractivity contribution in [2.45, 2.75) is 51.3 Å². The van der Waals surface area contributed by atoms with Gasteiger partial charge in [-0.15, -0.1) is 0 Å². The van der Waals surface area contributed by atoms with Gasteiger partial charge in [0.25, 0.3) is 5.92 Å². The highest BCUT2D eigenvalue weighted by molar-refractivity contribution is 5.68. The Labute approximate surface area is 93.7 Å². The Balaban J connectivity index is 2.32. The SMILES string of the molecule is CC(C)(C)OC(=O)NC1CCC(F)(F)CN1. The van der Waals surface area contributed by atoms with Crippen molar-refractivity contribution in [1.29, 1.82) is 0 Å². The molecule has 1 fully saturated rings. The maximum absolute atomic E-state index is 12.8. The van der Waals surface area contributed by atoms with Crippen LogP contribution in [-0.4, -0.2) is 30.3 Å². The number of hydrogen-bond donors (Lipinski definition) is 2. The molecule has 0 radical (unpaired) electrons. The zero-order valence-electron chi connectivity index (χ0n) is 9.77. The topological polar surface area (TPSA) is 50.4 Å². The number of ether oxygens (including phenoxy) is 1. The van der Waals surface area contributed by atoms with Gasteiger partial charge in [-0.1, -0.05) is 0 Å². The second-order valence-electron chi connectivity index (χ2n) is 4.97. The minimum absolute atomic E-state index is 0.201. The van der Waals surface area contributed by atoms with Crippen LogP contribution in [0.25, 0.3) is 0 Å². The van der Waals surface area contributed by atoms with E-state index in [2.05, 4.69) is 10.6 Å². The summed E-state index contributed by atoms with van der Waals surface area (Å²) >= 11 is 0. The number of alkyl carbamates (subject to hydrolysis) is 1. The molecule has 16 heavy (non-hydrogen) atoms. The summed E-state index contributed by atoms with van der Waals surface area (Å²) in [5.74, 6) is -2.67. The summed E-state index contributed by atoms with van der Waals surface area (Å²) in [6.07, 6.45) is -1.04. The standard InChI is InChI=1S/C10H18F2N2O2/c1-9(2,3)16-8(15)14-7-4-5-10(11,12)6-13-7/h7,13H,4-6H2,1-3H3,(H,14,15). The molecule has 1 aliphatic heterocycles. The molecule has 1 amide bonds. The van der Waals surface area contributed by atoms with Gasteiger partial charge in [0, 0.05) is 6.42 Å². The normalized spacial score (nSPS) is 24.9. The Morgan fingerprint density at radius 1 is 1.50 bits per heavy atom. The van der Waals surface area contributed by atoms with Crippen LogP contribution < -0.4 is 10.6 Å². The summed E-state index contributed by atoms with van der Waals surface area (Å²) in [5.41, 5.74) is -0.581. The molecule has 6 heteroatoms. The quantitative estimate of drug-likeness (QED) is 0.730. The third kappa shape index (κ3) is 4.74. The van der Waals surface area contributed by atoms with Crippen LogP contribution in [0.5, 0.6) is 0 Å². The van der Waals surface area contributed by atoms with Crippen molar-refractivity contribution in [2.75, 3.05) is 6.54 Å². The van der Waals surface area contributed by atoms with Crippen LogP contribution in [0, 0.1) is 0 Å². The number of carbonyl (C=O) groups excluding carboxylic acids is 1. The second kappa shape index (κ2) is 4.53. The third-order valence-corrected chi connectivity index (χ3v) is 2.10. The fourth-order valence-electron chi connectivity index (χ4n) is 1.39. The number of piperidine rings is 1. The van der Waals surface area contributed by atoms with Gasteiger partial charge in [-0.05, 0) is 27.2 Å². The van der Waals surface area contributed by atoms with E-state index in [1.165, 1.54) is 0 Å². The van der Waals surface area contributed by atoms with Gasteiger partial charge in [0.1, 0.15) is 5.60 Å². The molecular weight excluding hydrogens is 218 g/mol. The number of halogens is 2. The Bertz CT molecular complexity index is 254. The van der Waals surface area contributed by atoms with Crippen molar-refractivity contribution >= 4 is 6.09 Å². The predicted molar refractivity (Wildman–Crippen MR) is 55.3 cm³/mol. The lowest BCUT2D eigenvalue weighted by Gasteiger charge is -2.30. The monoisotopic (exact) mass is 236 g/mol. The van der Waals surface area contributed by atoms with E-state index in [1.807, 2.05) is 0 Å². The molecular formula is C10H18F2N2O2. The van der Waals surface area contributed by atoms with Crippen LogP contribution in [0.4, 0.5) is 13.6 Å². The van der Waals surface area contributed by atoms with Crippen LogP contribution in [0.2, 0.25) is 0 Å². The third-order valence-electron chi connectivity index (χ3n) is 2.10. The molecule has 4 nitrogen and oxygen atoms in total. The van der Waals surface area contributed by atoms with Gasteiger partial charge in [0.05, 0.1) is 12.7 Å². The minimum Gasteiger partial charge on any atom is -0.444 e. The van der Waals surface area contributed by atoms with Crippen LogP contribution in [0.15, 0.2) is 0 Å². The zero-order valence-corrected chi connectivity index (χ0v) is 9.77. The summed E-state index contributed by atoms with van der Waals surface area (Å²) in [4.78, 5) is 11.3. The van der Waals surface area contributed by atoms with Crippen molar-refractivity contribution in [3.8, 4) is 0 Å². The molecule has 1 saturated heterocycles. The summed E-state index contributed by atoms with van der Waals surface area (Å²) < 4.78 is 30.6. The highest BCUT2D eigenvalue weighted by Gasteiger charge is 2.35. The van der Waals surface area contributed by atoms with E-state index in [4.69, 9.17) is 4.74 Å². The van der Waals surface area contributed by atoms with E-state index in [-0.39, 0.29) is 12.8 Å². The Kier molecular flexibility index (Phi) is 3.72. The lowest BCUT2D eigenvalue weighted by atomic mass is 10.1. The van der Waals surface area contributed by atoms with Crippen molar-refractivity contribution in [3.05, 3.63) is 0 Å². The van der Waals surface area contributed by atoms with Gasteiger partial charge in [-0.3, -0.25) is 5.32 Å². The summed E-state index contributed by atoms with van der Waals surface area (Å²) in [5, 5.41) is 5.07. The van der Waals surface area contributed by atoms with Crippen LogP contribution in [0.1, 0.15) is 33.6 Å². The van der Waals surface area contributed by atoms with E-state index in [9.17, 15) is 13.6 Å². The van der Waals surface area contributed by atoms with Crippen molar-refractivity contribution < 1.29 is 18.3 Å². The highest BCUT2D eigenvalue weighted by atomic mass is 19.3. The van der Waals surface area contributed by atoms with E-state index in [0.717, 1.165) is 0 Å². The van der Waals surface area contributed by atoms with Crippen molar-refractivity contribution in [1.82, 2.24) is 10.6 Å². The van der Waals surface area contributed by atoms with Crippen molar-refractivity contribution in [3.63, 3.8) is 0 Å². The van der Waals surface area contributed by atoms with Gasteiger partial charge in [-0.25, -0.2) is 13.6 Å². The smallest absolute Gasteiger partial charge is 0.408 e. The molecule has 2 N–H and O–H groups in total.